The third kappa shape index (κ3) is 1.63. The zero-order valence-electron chi connectivity index (χ0n) is 7.29. The van der Waals surface area contributed by atoms with E-state index in [9.17, 15) is 18.4 Å². The molecule has 0 N–H and O–H groups in total. The number of hydrogen-bond acceptors (Lipinski definition) is 3. The van der Waals surface area contributed by atoms with Gasteiger partial charge in [-0.3, -0.25) is 0 Å². The van der Waals surface area contributed by atoms with Crippen LogP contribution in [0.15, 0.2) is 24.3 Å². The molecular formula is C10H4F2O3. The SMILES string of the molecule is O=C1C=C(c2cc(F)ccc2F)C(=O)O1. The molecule has 0 bridgehead atoms. The molecule has 5 heteroatoms. The first kappa shape index (κ1) is 9.51. The summed E-state index contributed by atoms with van der Waals surface area (Å²) in [5, 5.41) is 0. The average Bonchev–Trinajstić information content (AvgIpc) is 2.50. The summed E-state index contributed by atoms with van der Waals surface area (Å²) in [6, 6.07) is 2.63. The van der Waals surface area contributed by atoms with Crippen LogP contribution in [0.2, 0.25) is 0 Å². The van der Waals surface area contributed by atoms with Crippen molar-refractivity contribution in [1.29, 1.82) is 0 Å². The fourth-order valence-corrected chi connectivity index (χ4v) is 1.24. The lowest BCUT2D eigenvalue weighted by Gasteiger charge is -2.00. The number of hydrogen-bond donors (Lipinski definition) is 0. The Labute approximate surface area is 83.0 Å². The maximum Gasteiger partial charge on any atom is 0.346 e. The van der Waals surface area contributed by atoms with Gasteiger partial charge in [-0.25, -0.2) is 18.4 Å². The van der Waals surface area contributed by atoms with Crippen LogP contribution in [-0.2, 0) is 14.3 Å². The van der Waals surface area contributed by atoms with Gasteiger partial charge in [0, 0.05) is 11.6 Å². The first-order chi connectivity index (χ1) is 7.08. The molecule has 1 aliphatic rings. The first-order valence-electron chi connectivity index (χ1n) is 4.01. The van der Waals surface area contributed by atoms with E-state index in [2.05, 4.69) is 4.74 Å². The minimum Gasteiger partial charge on any atom is -0.386 e. The molecule has 0 radical (unpaired) electrons. The third-order valence-electron chi connectivity index (χ3n) is 1.89. The van der Waals surface area contributed by atoms with Crippen molar-refractivity contribution in [2.45, 2.75) is 0 Å². The second-order valence-corrected chi connectivity index (χ2v) is 2.89. The molecule has 0 saturated carbocycles. The molecular weight excluding hydrogens is 206 g/mol. The molecule has 15 heavy (non-hydrogen) atoms. The van der Waals surface area contributed by atoms with Crippen LogP contribution in [0.5, 0.6) is 0 Å². The number of ether oxygens (including phenoxy) is 1. The summed E-state index contributed by atoms with van der Waals surface area (Å²) >= 11 is 0. The van der Waals surface area contributed by atoms with E-state index in [-0.39, 0.29) is 11.1 Å². The van der Waals surface area contributed by atoms with Gasteiger partial charge in [-0.2, -0.15) is 0 Å². The van der Waals surface area contributed by atoms with Crippen molar-refractivity contribution in [2.75, 3.05) is 0 Å². The summed E-state index contributed by atoms with van der Waals surface area (Å²) < 4.78 is 30.2. The van der Waals surface area contributed by atoms with Crippen molar-refractivity contribution < 1.29 is 23.1 Å². The van der Waals surface area contributed by atoms with E-state index in [1.165, 1.54) is 0 Å². The fraction of sp³-hybridized carbons (Fsp3) is 0. The molecule has 2 rings (SSSR count). The van der Waals surface area contributed by atoms with Crippen LogP contribution in [-0.4, -0.2) is 11.9 Å². The first-order valence-corrected chi connectivity index (χ1v) is 4.01. The molecule has 1 aromatic carbocycles. The second-order valence-electron chi connectivity index (χ2n) is 2.89. The Hall–Kier alpha value is -2.04. The number of carbonyl (C=O) groups is 2. The summed E-state index contributed by atoms with van der Waals surface area (Å²) in [4.78, 5) is 21.7. The maximum absolute atomic E-state index is 13.2. The van der Waals surface area contributed by atoms with Crippen LogP contribution in [0.25, 0.3) is 5.57 Å². The lowest BCUT2D eigenvalue weighted by atomic mass is 10.1. The highest BCUT2D eigenvalue weighted by molar-refractivity contribution is 6.28. The van der Waals surface area contributed by atoms with E-state index in [1.54, 1.807) is 0 Å². The lowest BCUT2D eigenvalue weighted by molar-refractivity contribution is -0.149. The fourth-order valence-electron chi connectivity index (χ4n) is 1.24. The smallest absolute Gasteiger partial charge is 0.346 e. The number of carbonyl (C=O) groups excluding carboxylic acids is 2. The summed E-state index contributed by atoms with van der Waals surface area (Å²) in [5.74, 6) is -3.32. The number of esters is 2. The number of cyclic esters (lactones) is 2. The Balaban J connectivity index is 2.54. The zero-order valence-corrected chi connectivity index (χ0v) is 7.29. The molecule has 0 unspecified atom stereocenters. The van der Waals surface area contributed by atoms with Gasteiger partial charge in [0.05, 0.1) is 5.57 Å². The standard InChI is InChI=1S/C10H4F2O3/c11-5-1-2-8(12)6(3-5)7-4-9(13)15-10(7)14/h1-4H. The zero-order chi connectivity index (χ0) is 11.0. The van der Waals surface area contributed by atoms with Gasteiger partial charge in [0.2, 0.25) is 0 Å². The average molecular weight is 210 g/mol. The number of rotatable bonds is 1. The van der Waals surface area contributed by atoms with Crippen LogP contribution in [0.1, 0.15) is 5.56 Å². The molecule has 1 aromatic rings. The Morgan fingerprint density at radius 2 is 1.87 bits per heavy atom. The predicted octanol–water partition coefficient (Wildman–Crippen LogP) is 1.43. The molecule has 0 fully saturated rings. The van der Waals surface area contributed by atoms with Gasteiger partial charge >= 0.3 is 11.9 Å². The Bertz CT molecular complexity index is 491. The van der Waals surface area contributed by atoms with Gasteiger partial charge in [-0.05, 0) is 18.2 Å². The molecule has 1 aliphatic heterocycles. The topological polar surface area (TPSA) is 43.4 Å². The third-order valence-corrected chi connectivity index (χ3v) is 1.89. The second kappa shape index (κ2) is 3.27. The van der Waals surface area contributed by atoms with Crippen molar-refractivity contribution in [2.24, 2.45) is 0 Å². The number of halogens is 2. The van der Waals surface area contributed by atoms with Crippen LogP contribution < -0.4 is 0 Å². The van der Waals surface area contributed by atoms with E-state index in [0.717, 1.165) is 24.3 Å². The molecule has 0 spiro atoms. The van der Waals surface area contributed by atoms with Gasteiger partial charge in [0.15, 0.2) is 0 Å². The van der Waals surface area contributed by atoms with Crippen LogP contribution >= 0.6 is 0 Å². The Morgan fingerprint density at radius 3 is 2.47 bits per heavy atom. The van der Waals surface area contributed by atoms with Crippen molar-refractivity contribution >= 4 is 17.5 Å². The highest BCUT2D eigenvalue weighted by Crippen LogP contribution is 2.24. The largest absolute Gasteiger partial charge is 0.386 e. The van der Waals surface area contributed by atoms with E-state index in [1.807, 2.05) is 0 Å². The van der Waals surface area contributed by atoms with E-state index < -0.39 is 23.6 Å². The van der Waals surface area contributed by atoms with Gasteiger partial charge in [0.25, 0.3) is 0 Å². The summed E-state index contributed by atoms with van der Waals surface area (Å²) in [7, 11) is 0. The van der Waals surface area contributed by atoms with Gasteiger partial charge < -0.3 is 4.74 Å². The molecule has 0 atom stereocenters. The highest BCUT2D eigenvalue weighted by Gasteiger charge is 2.27. The molecule has 76 valence electrons. The quantitative estimate of drug-likeness (QED) is 0.520. The van der Waals surface area contributed by atoms with Crippen molar-refractivity contribution in [1.82, 2.24) is 0 Å². The van der Waals surface area contributed by atoms with Crippen LogP contribution in [0.3, 0.4) is 0 Å². The van der Waals surface area contributed by atoms with Crippen molar-refractivity contribution in [3.63, 3.8) is 0 Å². The normalized spacial score (nSPS) is 15.2. The molecule has 0 saturated heterocycles. The Morgan fingerprint density at radius 1 is 1.13 bits per heavy atom. The summed E-state index contributed by atoms with van der Waals surface area (Å²) in [6.07, 6.45) is 0.834. The summed E-state index contributed by atoms with van der Waals surface area (Å²) in [5.41, 5.74) is -0.539. The molecule has 1 heterocycles. The van der Waals surface area contributed by atoms with E-state index in [4.69, 9.17) is 0 Å². The molecule has 0 aliphatic carbocycles. The number of benzene rings is 1. The maximum atomic E-state index is 13.2. The highest BCUT2D eigenvalue weighted by atomic mass is 19.1. The predicted molar refractivity (Wildman–Crippen MR) is 45.4 cm³/mol. The van der Waals surface area contributed by atoms with Gasteiger partial charge in [-0.1, -0.05) is 0 Å². The molecule has 3 nitrogen and oxygen atoms in total. The minimum absolute atomic E-state index is 0.267. The Kier molecular flexibility index (Phi) is 2.07. The summed E-state index contributed by atoms with van der Waals surface area (Å²) in [6.45, 7) is 0. The van der Waals surface area contributed by atoms with Crippen LogP contribution in [0, 0.1) is 11.6 Å². The van der Waals surface area contributed by atoms with Gasteiger partial charge in [-0.15, -0.1) is 0 Å². The lowest BCUT2D eigenvalue weighted by Crippen LogP contribution is -2.02. The van der Waals surface area contributed by atoms with E-state index >= 15 is 0 Å². The van der Waals surface area contributed by atoms with Crippen LogP contribution in [0.4, 0.5) is 8.78 Å². The molecule has 0 amide bonds. The van der Waals surface area contributed by atoms with Gasteiger partial charge in [0.1, 0.15) is 11.6 Å². The van der Waals surface area contributed by atoms with Crippen molar-refractivity contribution in [3.8, 4) is 0 Å². The minimum atomic E-state index is -0.968. The monoisotopic (exact) mass is 210 g/mol. The molecule has 0 aromatic heterocycles. The van der Waals surface area contributed by atoms with E-state index in [0.29, 0.717) is 0 Å². The van der Waals surface area contributed by atoms with Crippen molar-refractivity contribution in [3.05, 3.63) is 41.5 Å².